The third kappa shape index (κ3) is 14.0. The van der Waals surface area contributed by atoms with E-state index in [0.717, 1.165) is 0 Å². The summed E-state index contributed by atoms with van der Waals surface area (Å²) in [6.07, 6.45) is 1.04. The molecule has 0 heterocycles. The van der Waals surface area contributed by atoms with E-state index < -0.39 is 72.5 Å². The Morgan fingerprint density at radius 1 is 0.806 bits per heavy atom. The predicted octanol–water partition coefficient (Wildman–Crippen LogP) is -4.59. The van der Waals surface area contributed by atoms with Gasteiger partial charge in [-0.2, -0.15) is 11.8 Å². The van der Waals surface area contributed by atoms with Crippen molar-refractivity contribution in [1.29, 1.82) is 0 Å². The molecule has 14 N–H and O–H groups in total. The van der Waals surface area contributed by atoms with Gasteiger partial charge in [-0.05, 0) is 31.3 Å². The molecule has 0 aromatic carbocycles. The van der Waals surface area contributed by atoms with E-state index in [1.807, 2.05) is 0 Å². The first kappa shape index (κ1) is 32.4. The molecule has 0 aliphatic heterocycles. The summed E-state index contributed by atoms with van der Waals surface area (Å²) in [6, 6.07) is -5.30. The zero-order chi connectivity index (χ0) is 27.8. The Bertz CT molecular complexity index is 836. The number of carbonyl (C=O) groups excluding carboxylic acids is 5. The molecule has 16 nitrogen and oxygen atoms in total. The molecule has 0 spiro atoms. The smallest absolute Gasteiger partial charge is 0.326 e. The van der Waals surface area contributed by atoms with Crippen LogP contribution in [-0.4, -0.2) is 89.3 Å². The normalized spacial score (nSPS) is 13.8. The van der Waals surface area contributed by atoms with Crippen molar-refractivity contribution in [3.8, 4) is 0 Å². The number of nitrogens with two attached hydrogens (primary N) is 5. The van der Waals surface area contributed by atoms with Gasteiger partial charge < -0.3 is 49.7 Å². The van der Waals surface area contributed by atoms with Crippen molar-refractivity contribution >= 4 is 53.2 Å². The lowest BCUT2D eigenvalue weighted by Gasteiger charge is -2.25. The second-order valence-corrected chi connectivity index (χ2v) is 8.69. The van der Waals surface area contributed by atoms with Crippen molar-refractivity contribution < 1.29 is 33.9 Å². The fourth-order valence-corrected chi connectivity index (χ4v) is 3.28. The number of aliphatic carboxylic acids is 1. The van der Waals surface area contributed by atoms with E-state index in [2.05, 4.69) is 20.9 Å². The maximum Gasteiger partial charge on any atom is 0.326 e. The SMILES string of the molecule is CSCCC(NC(=O)C(N)CC(N)=O)C(=O)NC(CCCN=C(N)N)C(=O)NC(CC(N)=O)C(=O)O. The van der Waals surface area contributed by atoms with Crippen molar-refractivity contribution in [3.05, 3.63) is 0 Å². The Labute approximate surface area is 211 Å². The second-order valence-electron chi connectivity index (χ2n) is 7.70. The highest BCUT2D eigenvalue weighted by Crippen LogP contribution is 2.06. The monoisotopic (exact) mass is 533 g/mol. The molecule has 4 unspecified atom stereocenters. The Morgan fingerprint density at radius 3 is 1.78 bits per heavy atom. The van der Waals surface area contributed by atoms with Gasteiger partial charge in [-0.25, -0.2) is 4.79 Å². The van der Waals surface area contributed by atoms with Crippen LogP contribution < -0.4 is 44.6 Å². The number of guanidine groups is 1. The van der Waals surface area contributed by atoms with Gasteiger partial charge in [0.2, 0.25) is 29.5 Å². The average molecular weight is 534 g/mol. The number of hydrogen-bond acceptors (Lipinski definition) is 9. The van der Waals surface area contributed by atoms with Crippen LogP contribution in [0.3, 0.4) is 0 Å². The summed E-state index contributed by atoms with van der Waals surface area (Å²) in [4.78, 5) is 75.5. The summed E-state index contributed by atoms with van der Waals surface area (Å²) in [5, 5.41) is 16.3. The van der Waals surface area contributed by atoms with Gasteiger partial charge in [0.15, 0.2) is 5.96 Å². The zero-order valence-electron chi connectivity index (χ0n) is 19.9. The minimum Gasteiger partial charge on any atom is -0.480 e. The van der Waals surface area contributed by atoms with E-state index in [9.17, 15) is 33.9 Å². The molecule has 0 aromatic rings. The number of aliphatic imine (C=N–C) groups is 1. The number of hydrogen-bond donors (Lipinski definition) is 9. The number of rotatable bonds is 18. The molecular weight excluding hydrogens is 498 g/mol. The summed E-state index contributed by atoms with van der Waals surface area (Å²) in [5.41, 5.74) is 26.3. The fraction of sp³-hybridized carbons (Fsp3) is 0.632. The third-order valence-corrected chi connectivity index (χ3v) is 5.24. The first-order valence-electron chi connectivity index (χ1n) is 10.8. The summed E-state index contributed by atoms with van der Waals surface area (Å²) >= 11 is 1.39. The van der Waals surface area contributed by atoms with Crippen LogP contribution in [0.5, 0.6) is 0 Å². The topological polar surface area (TPSA) is 301 Å². The van der Waals surface area contributed by atoms with Crippen molar-refractivity contribution in [2.24, 2.45) is 33.7 Å². The molecular formula is C19H35N9O7S. The van der Waals surface area contributed by atoms with E-state index in [0.29, 0.717) is 5.75 Å². The average Bonchev–Trinajstić information content (AvgIpc) is 2.76. The molecule has 204 valence electrons. The maximum absolute atomic E-state index is 13.0. The van der Waals surface area contributed by atoms with E-state index in [4.69, 9.17) is 28.7 Å². The molecule has 4 atom stereocenters. The van der Waals surface area contributed by atoms with Crippen molar-refractivity contribution in [1.82, 2.24) is 16.0 Å². The van der Waals surface area contributed by atoms with Gasteiger partial charge in [-0.1, -0.05) is 0 Å². The number of primary amides is 2. The Balaban J connectivity index is 5.63. The highest BCUT2D eigenvalue weighted by Gasteiger charge is 2.30. The molecule has 0 rings (SSSR count). The third-order valence-electron chi connectivity index (χ3n) is 4.60. The van der Waals surface area contributed by atoms with Crippen LogP contribution in [0.25, 0.3) is 0 Å². The largest absolute Gasteiger partial charge is 0.480 e. The van der Waals surface area contributed by atoms with Crippen LogP contribution in [0.15, 0.2) is 4.99 Å². The summed E-state index contributed by atoms with van der Waals surface area (Å²) in [5.74, 6) is -5.44. The first-order valence-corrected chi connectivity index (χ1v) is 12.2. The maximum atomic E-state index is 13.0. The van der Waals surface area contributed by atoms with E-state index >= 15 is 0 Å². The molecule has 36 heavy (non-hydrogen) atoms. The quantitative estimate of drug-likeness (QED) is 0.0458. The standard InChI is InChI=1S/C19H35N9O7S/c1-36-6-4-11(26-15(31)9(20)7-13(21)29)17(33)27-10(3-2-5-25-19(23)24)16(32)28-12(18(34)35)8-14(22)30/h9-12H,2-8,20H2,1H3,(H2,21,29)(H2,22,30)(H,26,31)(H,27,33)(H,28,32)(H,34,35)(H4,23,24,25). The van der Waals surface area contributed by atoms with Gasteiger partial charge >= 0.3 is 5.97 Å². The Kier molecular flexibility index (Phi) is 15.2. The predicted molar refractivity (Wildman–Crippen MR) is 132 cm³/mol. The molecule has 0 radical (unpaired) electrons. The molecule has 0 saturated heterocycles. The summed E-state index contributed by atoms with van der Waals surface area (Å²) in [6.45, 7) is 0.111. The summed E-state index contributed by atoms with van der Waals surface area (Å²) in [7, 11) is 0. The number of nitrogens with one attached hydrogen (secondary N) is 3. The number of carbonyl (C=O) groups is 6. The molecule has 17 heteroatoms. The minimum atomic E-state index is -1.62. The van der Waals surface area contributed by atoms with Gasteiger partial charge in [0.25, 0.3) is 0 Å². The van der Waals surface area contributed by atoms with Crippen molar-refractivity contribution in [2.45, 2.75) is 56.3 Å². The Hall–Kier alpha value is -3.60. The number of nitrogens with zero attached hydrogens (tertiary/aromatic N) is 1. The highest BCUT2D eigenvalue weighted by atomic mass is 32.2. The van der Waals surface area contributed by atoms with E-state index in [1.54, 1.807) is 6.26 Å². The number of thioether (sulfide) groups is 1. The number of carboxylic acids is 1. The molecule has 0 aromatic heterocycles. The summed E-state index contributed by atoms with van der Waals surface area (Å²) < 4.78 is 0. The zero-order valence-corrected chi connectivity index (χ0v) is 20.7. The van der Waals surface area contributed by atoms with Gasteiger partial charge in [0, 0.05) is 6.54 Å². The molecule has 5 amide bonds. The molecule has 0 fully saturated rings. The number of amides is 5. The lowest BCUT2D eigenvalue weighted by Crippen LogP contribution is -2.57. The molecule has 0 aliphatic carbocycles. The number of carboxylic acid groups (broad SMARTS) is 1. The van der Waals surface area contributed by atoms with Crippen LogP contribution in [0.2, 0.25) is 0 Å². The lowest BCUT2D eigenvalue weighted by atomic mass is 10.1. The molecule has 0 bridgehead atoms. The van der Waals surface area contributed by atoms with Gasteiger partial charge in [0.1, 0.15) is 18.1 Å². The van der Waals surface area contributed by atoms with Crippen LogP contribution in [0.1, 0.15) is 32.1 Å². The van der Waals surface area contributed by atoms with Gasteiger partial charge in [-0.15, -0.1) is 0 Å². The minimum absolute atomic E-state index is 0.0123. The van der Waals surface area contributed by atoms with Crippen LogP contribution in [0.4, 0.5) is 0 Å². The van der Waals surface area contributed by atoms with Crippen LogP contribution in [0, 0.1) is 0 Å². The first-order chi connectivity index (χ1) is 16.8. The van der Waals surface area contributed by atoms with E-state index in [-0.39, 0.29) is 31.8 Å². The molecule has 0 aliphatic rings. The van der Waals surface area contributed by atoms with Crippen LogP contribution in [-0.2, 0) is 28.8 Å². The molecule has 0 saturated carbocycles. The Morgan fingerprint density at radius 2 is 1.31 bits per heavy atom. The van der Waals surface area contributed by atoms with Crippen molar-refractivity contribution in [3.63, 3.8) is 0 Å². The van der Waals surface area contributed by atoms with E-state index in [1.165, 1.54) is 11.8 Å². The second kappa shape index (κ2) is 16.9. The highest BCUT2D eigenvalue weighted by molar-refractivity contribution is 7.98. The van der Waals surface area contributed by atoms with Crippen molar-refractivity contribution in [2.75, 3.05) is 18.6 Å². The van der Waals surface area contributed by atoms with Gasteiger partial charge in [0.05, 0.1) is 18.9 Å². The lowest BCUT2D eigenvalue weighted by molar-refractivity contribution is -0.143. The fourth-order valence-electron chi connectivity index (χ4n) is 2.81. The van der Waals surface area contributed by atoms with Gasteiger partial charge in [-0.3, -0.25) is 29.0 Å². The van der Waals surface area contributed by atoms with Crippen LogP contribution >= 0.6 is 11.8 Å².